The molecule has 462 valence electrons. The molecule has 80 heavy (non-hydrogen) atoms. The van der Waals surface area contributed by atoms with Gasteiger partial charge in [-0.3, -0.25) is 13.8 Å². The summed E-state index contributed by atoms with van der Waals surface area (Å²) in [4.78, 5) is 23.3. The molecule has 0 rings (SSSR count). The maximum absolute atomic E-state index is 13.0. The summed E-state index contributed by atoms with van der Waals surface area (Å²) >= 11 is 0. The van der Waals surface area contributed by atoms with Gasteiger partial charge in [-0.15, -0.1) is 0 Å². The van der Waals surface area contributed by atoms with Gasteiger partial charge in [-0.25, -0.2) is 4.57 Å². The molecule has 0 aliphatic heterocycles. The molecule has 3 N–H and O–H groups in total. The Balaban J connectivity index is 3.98. The van der Waals surface area contributed by atoms with Crippen LogP contribution in [-0.2, 0) is 18.4 Å². The van der Waals surface area contributed by atoms with Gasteiger partial charge >= 0.3 is 7.82 Å². The van der Waals surface area contributed by atoms with Crippen molar-refractivity contribution < 1.29 is 32.9 Å². The maximum Gasteiger partial charge on any atom is 0.472 e. The Labute approximate surface area is 495 Å². The first-order valence-corrected chi connectivity index (χ1v) is 34.8. The molecular formula is C71H128N2O6P+. The fraction of sp³-hybridized carbons (Fsp3) is 0.732. The zero-order chi connectivity index (χ0) is 58.4. The molecule has 0 aromatic heterocycles. The first-order chi connectivity index (χ1) is 39.0. The van der Waals surface area contributed by atoms with Gasteiger partial charge < -0.3 is 19.8 Å². The summed E-state index contributed by atoms with van der Waals surface area (Å²) in [7, 11) is 1.55. The van der Waals surface area contributed by atoms with Crippen LogP contribution in [0.3, 0.4) is 0 Å². The van der Waals surface area contributed by atoms with Crippen molar-refractivity contribution in [2.24, 2.45) is 0 Å². The molecular weight excluding hydrogens is 1010 g/mol. The summed E-state index contributed by atoms with van der Waals surface area (Å²) in [6.45, 7) is 4.68. The first-order valence-electron chi connectivity index (χ1n) is 33.3. The van der Waals surface area contributed by atoms with Crippen molar-refractivity contribution in [2.45, 2.75) is 296 Å². The van der Waals surface area contributed by atoms with Crippen molar-refractivity contribution in [2.75, 3.05) is 40.9 Å². The smallest absolute Gasteiger partial charge is 0.387 e. The van der Waals surface area contributed by atoms with Crippen LogP contribution in [0.5, 0.6) is 0 Å². The second-order valence-electron chi connectivity index (χ2n) is 23.4. The molecule has 0 aliphatic carbocycles. The Morgan fingerprint density at radius 3 is 1.15 bits per heavy atom. The van der Waals surface area contributed by atoms with E-state index in [1.54, 1.807) is 6.08 Å². The Morgan fingerprint density at radius 1 is 0.438 bits per heavy atom. The second kappa shape index (κ2) is 60.7. The largest absolute Gasteiger partial charge is 0.472 e. The number of aliphatic hydroxyl groups excluding tert-OH is 1. The third-order valence-corrected chi connectivity index (χ3v) is 15.4. The first kappa shape index (κ1) is 77.2. The highest BCUT2D eigenvalue weighted by Gasteiger charge is 2.27. The molecule has 8 nitrogen and oxygen atoms in total. The van der Waals surface area contributed by atoms with Gasteiger partial charge in [0.1, 0.15) is 13.2 Å². The van der Waals surface area contributed by atoms with Gasteiger partial charge in [-0.05, 0) is 96.3 Å². The summed E-state index contributed by atoms with van der Waals surface area (Å²) in [5.74, 6) is -0.190. The highest BCUT2D eigenvalue weighted by molar-refractivity contribution is 7.47. The fourth-order valence-corrected chi connectivity index (χ4v) is 10.1. The number of nitrogens with one attached hydrogen (secondary N) is 1. The number of quaternary nitrogens is 1. The molecule has 0 aromatic rings. The number of carbonyl (C=O) groups excluding carboxylic acids is 1. The van der Waals surface area contributed by atoms with E-state index in [9.17, 15) is 19.4 Å². The molecule has 0 saturated carbocycles. The highest BCUT2D eigenvalue weighted by Crippen LogP contribution is 2.43. The molecule has 1 amide bonds. The van der Waals surface area contributed by atoms with Crippen LogP contribution in [0, 0.1) is 0 Å². The summed E-state index contributed by atoms with van der Waals surface area (Å²) in [6, 6.07) is -0.873. The Kier molecular flexibility index (Phi) is 58.6. The average molecular weight is 1140 g/mol. The number of phosphoric acid groups is 1. The summed E-state index contributed by atoms with van der Waals surface area (Å²) in [5.41, 5.74) is 0. The van der Waals surface area contributed by atoms with E-state index in [4.69, 9.17) is 9.05 Å². The quantitative estimate of drug-likeness (QED) is 0.0243. The minimum Gasteiger partial charge on any atom is -0.387 e. The molecule has 3 atom stereocenters. The van der Waals surface area contributed by atoms with Crippen LogP contribution in [0.15, 0.2) is 109 Å². The van der Waals surface area contributed by atoms with Crippen LogP contribution in [0.4, 0.5) is 0 Å². The number of phosphoric ester groups is 1. The maximum atomic E-state index is 13.0. The van der Waals surface area contributed by atoms with E-state index in [2.05, 4.69) is 116 Å². The predicted octanol–water partition coefficient (Wildman–Crippen LogP) is 21.1. The van der Waals surface area contributed by atoms with Gasteiger partial charge in [-0.1, -0.05) is 290 Å². The summed E-state index contributed by atoms with van der Waals surface area (Å²) < 4.78 is 23.7. The van der Waals surface area contributed by atoms with Crippen molar-refractivity contribution in [1.82, 2.24) is 5.32 Å². The van der Waals surface area contributed by atoms with E-state index in [0.29, 0.717) is 17.4 Å². The summed E-state index contributed by atoms with van der Waals surface area (Å²) in [5, 5.41) is 13.9. The Morgan fingerprint density at radius 2 is 0.762 bits per heavy atom. The Hall–Kier alpha value is -2.84. The van der Waals surface area contributed by atoms with Crippen LogP contribution < -0.4 is 5.32 Å². The normalized spacial score (nSPS) is 14.4. The third kappa shape index (κ3) is 62.8. The van der Waals surface area contributed by atoms with Crippen LogP contribution in [0.1, 0.15) is 284 Å². The van der Waals surface area contributed by atoms with Crippen LogP contribution in [-0.4, -0.2) is 73.4 Å². The third-order valence-electron chi connectivity index (χ3n) is 14.5. The number of aliphatic hydroxyl groups is 1. The van der Waals surface area contributed by atoms with E-state index in [1.807, 2.05) is 27.2 Å². The molecule has 0 aliphatic rings. The monoisotopic (exact) mass is 1140 g/mol. The van der Waals surface area contributed by atoms with E-state index >= 15 is 0 Å². The number of amides is 1. The lowest BCUT2D eigenvalue weighted by atomic mass is 10.0. The number of rotatable bonds is 60. The Bertz CT molecular complexity index is 1670. The molecule has 0 radical (unpaired) electrons. The number of likely N-dealkylation sites (N-methyl/N-ethyl adjacent to an activating group) is 1. The highest BCUT2D eigenvalue weighted by atomic mass is 31.2. The van der Waals surface area contributed by atoms with Gasteiger partial charge in [-0.2, -0.15) is 0 Å². The van der Waals surface area contributed by atoms with Crippen LogP contribution >= 0.6 is 7.82 Å². The molecule has 0 bridgehead atoms. The van der Waals surface area contributed by atoms with Crippen molar-refractivity contribution in [3.63, 3.8) is 0 Å². The van der Waals surface area contributed by atoms with E-state index in [1.165, 1.54) is 180 Å². The fourth-order valence-electron chi connectivity index (χ4n) is 9.31. The SMILES string of the molecule is CC/C=C\C/C=C\C/C=C\C/C=C\C/C=C\C/C=C\CCCCCCCCCCCCCCCCCCCCCCCCC(=O)NC(COP(=O)(O)OCC[N+](C)(C)C)C(O)/C=C/CC/C=C/CC/C=C/CCCCCCCCC. The number of allylic oxidation sites excluding steroid dienone is 17. The van der Waals surface area contributed by atoms with Crippen molar-refractivity contribution in [1.29, 1.82) is 0 Å². The number of hydrogen-bond donors (Lipinski definition) is 3. The predicted molar refractivity (Wildman–Crippen MR) is 350 cm³/mol. The minimum absolute atomic E-state index is 0.0514. The molecule has 9 heteroatoms. The zero-order valence-corrected chi connectivity index (χ0v) is 53.7. The van der Waals surface area contributed by atoms with E-state index in [-0.39, 0.29) is 19.1 Å². The van der Waals surface area contributed by atoms with E-state index in [0.717, 1.165) is 83.5 Å². The zero-order valence-electron chi connectivity index (χ0n) is 52.8. The molecule has 3 unspecified atom stereocenters. The van der Waals surface area contributed by atoms with Crippen molar-refractivity contribution >= 4 is 13.7 Å². The number of unbranched alkanes of at least 4 members (excludes halogenated alkanes) is 31. The molecule has 0 aromatic carbocycles. The average Bonchev–Trinajstić information content (AvgIpc) is 3.42. The summed E-state index contributed by atoms with van der Waals surface area (Å²) in [6.07, 6.45) is 89.5. The molecule has 0 fully saturated rings. The lowest BCUT2D eigenvalue weighted by Gasteiger charge is -2.25. The number of hydrogen-bond acceptors (Lipinski definition) is 5. The van der Waals surface area contributed by atoms with Gasteiger partial charge in [0.05, 0.1) is 39.9 Å². The molecule has 0 heterocycles. The van der Waals surface area contributed by atoms with Gasteiger partial charge in [0.15, 0.2) is 0 Å². The van der Waals surface area contributed by atoms with Crippen LogP contribution in [0.25, 0.3) is 0 Å². The van der Waals surface area contributed by atoms with Crippen LogP contribution in [0.2, 0.25) is 0 Å². The van der Waals surface area contributed by atoms with E-state index < -0.39 is 20.0 Å². The van der Waals surface area contributed by atoms with Crippen molar-refractivity contribution in [3.8, 4) is 0 Å². The second-order valence-corrected chi connectivity index (χ2v) is 24.9. The molecule has 0 saturated heterocycles. The van der Waals surface area contributed by atoms with Gasteiger partial charge in [0, 0.05) is 6.42 Å². The van der Waals surface area contributed by atoms with Gasteiger partial charge in [0.2, 0.25) is 5.91 Å². The van der Waals surface area contributed by atoms with Gasteiger partial charge in [0.25, 0.3) is 0 Å². The number of nitrogens with zero attached hydrogens (tertiary/aromatic N) is 1. The molecule has 0 spiro atoms. The topological polar surface area (TPSA) is 105 Å². The lowest BCUT2D eigenvalue weighted by Crippen LogP contribution is -2.45. The number of carbonyl (C=O) groups is 1. The van der Waals surface area contributed by atoms with Crippen molar-refractivity contribution in [3.05, 3.63) is 109 Å². The minimum atomic E-state index is -4.36. The lowest BCUT2D eigenvalue weighted by molar-refractivity contribution is -0.870. The standard InChI is InChI=1S/C71H127N2O6P/c1-6-8-10-12-14-16-18-20-22-24-25-26-27-28-29-30-31-32-33-34-35-36-37-38-39-40-41-42-43-44-45-46-47-49-51-53-55-57-59-61-63-65-71(75)72-69(68-79-80(76,77)78-67-66-73(3,4)5)70(74)64-62-60-58-56-54-52-50-48-23-21-19-17-15-13-11-9-7-2/h8,10,14,16,20,22-23,25-26,28-29,31-32,48,54,56,62,64,69-70,74H,6-7,9,11-13,15,17-19,21,24,27,30,33-47,49-53,55,57-61,63,65-68H2,1-5H3,(H-,72,75,76,77)/p+1/b10-8-,16-14-,22-20-,26-25-,29-28-,32-31-,48-23+,56-54+,64-62+.